The summed E-state index contributed by atoms with van der Waals surface area (Å²) < 4.78 is 0. The number of hydrogen-bond donors (Lipinski definition) is 2. The number of nitrogens with zero attached hydrogens (tertiary/aromatic N) is 4. The van der Waals surface area contributed by atoms with Gasteiger partial charge in [-0.1, -0.05) is 24.8 Å². The molecule has 2 heterocycles. The monoisotopic (exact) mass is 396 g/mol. The number of nitrogens with one attached hydrogen (secondary N) is 2. The second-order valence-electron chi connectivity index (χ2n) is 7.02. The summed E-state index contributed by atoms with van der Waals surface area (Å²) in [5.41, 5.74) is 5.32. The first-order valence-corrected chi connectivity index (χ1v) is 9.44. The van der Waals surface area contributed by atoms with Crippen molar-refractivity contribution in [3.63, 3.8) is 0 Å². The highest BCUT2D eigenvalue weighted by Crippen LogP contribution is 2.28. The van der Waals surface area contributed by atoms with E-state index >= 15 is 0 Å². The van der Waals surface area contributed by atoms with Crippen LogP contribution in [0.1, 0.15) is 16.7 Å². The Morgan fingerprint density at radius 1 is 1.17 bits per heavy atom. The molecule has 2 N–H and O–H groups in total. The molecule has 7 nitrogen and oxygen atoms in total. The summed E-state index contributed by atoms with van der Waals surface area (Å²) in [6, 6.07) is 13.2. The van der Waals surface area contributed by atoms with Gasteiger partial charge in [-0.2, -0.15) is 4.98 Å². The van der Waals surface area contributed by atoms with Gasteiger partial charge in [0.05, 0.1) is 6.57 Å². The molecule has 1 aromatic heterocycles. The molecule has 0 radical (unpaired) electrons. The summed E-state index contributed by atoms with van der Waals surface area (Å²) in [6.45, 7) is 13.8. The number of rotatable bonds is 5. The summed E-state index contributed by atoms with van der Waals surface area (Å²) >= 11 is 0. The Hall–Kier alpha value is -4.18. The van der Waals surface area contributed by atoms with E-state index in [1.54, 1.807) is 23.2 Å². The number of aromatic nitrogens is 2. The molecule has 0 fully saturated rings. The molecule has 0 aliphatic carbocycles. The van der Waals surface area contributed by atoms with Gasteiger partial charge in [0.15, 0.2) is 5.69 Å². The molecule has 0 unspecified atom stereocenters. The standard InChI is InChI=1S/C23H20N6O/c1-4-21(30)29-13-16-8-9-20(10-17(16)14-29)27-23-25-12-15(2)22(28-23)26-19-7-5-6-18(11-19)24-3/h4-12H,1,13-14H2,2H3,(H2,25,26,27,28). The first-order valence-electron chi connectivity index (χ1n) is 9.44. The van der Waals surface area contributed by atoms with E-state index in [0.29, 0.717) is 30.5 Å². The number of carbonyl (C=O) groups excluding carboxylic acids is 1. The smallest absolute Gasteiger partial charge is 0.246 e. The predicted molar refractivity (Wildman–Crippen MR) is 117 cm³/mol. The van der Waals surface area contributed by atoms with Crippen LogP contribution in [0, 0.1) is 13.5 Å². The fourth-order valence-corrected chi connectivity index (χ4v) is 3.31. The number of anilines is 4. The molecule has 1 aliphatic rings. The Morgan fingerprint density at radius 2 is 1.97 bits per heavy atom. The molecule has 2 aromatic carbocycles. The Labute approximate surface area is 174 Å². The van der Waals surface area contributed by atoms with Crippen molar-refractivity contribution >= 4 is 34.7 Å². The fraction of sp³-hybridized carbons (Fsp3) is 0.130. The van der Waals surface area contributed by atoms with E-state index in [9.17, 15) is 4.79 Å². The minimum atomic E-state index is -0.0689. The van der Waals surface area contributed by atoms with Gasteiger partial charge in [0.1, 0.15) is 5.82 Å². The molecule has 0 saturated heterocycles. The van der Waals surface area contributed by atoms with Gasteiger partial charge < -0.3 is 15.5 Å². The minimum Gasteiger partial charge on any atom is -0.341 e. The molecule has 7 heteroatoms. The van der Waals surface area contributed by atoms with Crippen LogP contribution in [0.25, 0.3) is 4.85 Å². The van der Waals surface area contributed by atoms with Crippen LogP contribution < -0.4 is 10.6 Å². The quantitative estimate of drug-likeness (QED) is 0.476. The van der Waals surface area contributed by atoms with Crippen molar-refractivity contribution in [3.05, 3.63) is 89.4 Å². The fourth-order valence-electron chi connectivity index (χ4n) is 3.31. The third-order valence-corrected chi connectivity index (χ3v) is 4.88. The molecule has 3 aromatic rings. The summed E-state index contributed by atoms with van der Waals surface area (Å²) in [4.78, 5) is 26.0. The highest BCUT2D eigenvalue weighted by atomic mass is 16.2. The maximum Gasteiger partial charge on any atom is 0.246 e. The lowest BCUT2D eigenvalue weighted by Gasteiger charge is -2.12. The Bertz CT molecular complexity index is 1180. The molecule has 0 spiro atoms. The van der Waals surface area contributed by atoms with Crippen LogP contribution in [0.4, 0.5) is 28.8 Å². The second-order valence-corrected chi connectivity index (χ2v) is 7.02. The number of hydrogen-bond acceptors (Lipinski definition) is 5. The van der Waals surface area contributed by atoms with E-state index in [-0.39, 0.29) is 5.91 Å². The van der Waals surface area contributed by atoms with Crippen molar-refractivity contribution in [2.24, 2.45) is 0 Å². The zero-order chi connectivity index (χ0) is 21.1. The number of carbonyl (C=O) groups is 1. The highest BCUT2D eigenvalue weighted by Gasteiger charge is 2.21. The molecule has 30 heavy (non-hydrogen) atoms. The maximum atomic E-state index is 11.9. The maximum absolute atomic E-state index is 11.9. The molecular formula is C23H20N6O. The van der Waals surface area contributed by atoms with Crippen LogP contribution in [-0.2, 0) is 17.9 Å². The molecule has 4 rings (SSSR count). The Morgan fingerprint density at radius 3 is 2.77 bits per heavy atom. The molecule has 1 amide bonds. The van der Waals surface area contributed by atoms with E-state index in [1.807, 2.05) is 37.3 Å². The van der Waals surface area contributed by atoms with Crippen molar-refractivity contribution in [2.45, 2.75) is 20.0 Å². The topological polar surface area (TPSA) is 74.5 Å². The summed E-state index contributed by atoms with van der Waals surface area (Å²) in [5, 5.41) is 6.48. The number of benzene rings is 2. The van der Waals surface area contributed by atoms with Gasteiger partial charge in [0, 0.05) is 36.2 Å². The lowest BCUT2D eigenvalue weighted by atomic mass is 10.1. The molecule has 1 aliphatic heterocycles. The van der Waals surface area contributed by atoms with Crippen molar-refractivity contribution in [1.29, 1.82) is 0 Å². The summed E-state index contributed by atoms with van der Waals surface area (Å²) in [6.07, 6.45) is 3.09. The third-order valence-electron chi connectivity index (χ3n) is 4.88. The van der Waals surface area contributed by atoms with Crippen LogP contribution in [0.3, 0.4) is 0 Å². The van der Waals surface area contributed by atoms with Crippen LogP contribution in [0.2, 0.25) is 0 Å². The first kappa shape index (κ1) is 19.2. The van der Waals surface area contributed by atoms with Gasteiger partial charge >= 0.3 is 0 Å². The third kappa shape index (κ3) is 3.98. The average molecular weight is 396 g/mol. The van der Waals surface area contributed by atoms with E-state index < -0.39 is 0 Å². The zero-order valence-electron chi connectivity index (χ0n) is 16.5. The molecule has 0 saturated carbocycles. The van der Waals surface area contributed by atoms with Crippen molar-refractivity contribution in [1.82, 2.24) is 14.9 Å². The van der Waals surface area contributed by atoms with Crippen molar-refractivity contribution < 1.29 is 4.79 Å². The van der Waals surface area contributed by atoms with Gasteiger partial charge in [-0.15, -0.1) is 0 Å². The molecule has 148 valence electrons. The van der Waals surface area contributed by atoms with Crippen molar-refractivity contribution in [2.75, 3.05) is 10.6 Å². The highest BCUT2D eigenvalue weighted by molar-refractivity contribution is 5.87. The first-order chi connectivity index (χ1) is 14.6. The second kappa shape index (κ2) is 8.05. The van der Waals surface area contributed by atoms with E-state index in [1.165, 1.54) is 6.08 Å². The Kier molecular flexibility index (Phi) is 5.14. The molecular weight excluding hydrogens is 376 g/mol. The zero-order valence-corrected chi connectivity index (χ0v) is 16.5. The average Bonchev–Trinajstić information content (AvgIpc) is 3.19. The number of amides is 1. The predicted octanol–water partition coefficient (Wildman–Crippen LogP) is 4.85. The van der Waals surface area contributed by atoms with Crippen LogP contribution in [-0.4, -0.2) is 20.8 Å². The van der Waals surface area contributed by atoms with Crippen LogP contribution >= 0.6 is 0 Å². The van der Waals surface area contributed by atoms with Crippen molar-refractivity contribution in [3.8, 4) is 0 Å². The number of fused-ring (bicyclic) bond motifs is 1. The SMILES string of the molecule is [C-]#[N+]c1cccc(Nc2nc(Nc3ccc4c(c3)CN(C(=O)C=C)C4)ncc2C)c1. The van der Waals surface area contributed by atoms with Gasteiger partial charge in [0.25, 0.3) is 0 Å². The largest absolute Gasteiger partial charge is 0.341 e. The Balaban J connectivity index is 1.52. The van der Waals surface area contributed by atoms with Gasteiger partial charge in [-0.05, 0) is 48.4 Å². The molecule has 0 atom stereocenters. The van der Waals surface area contributed by atoms with Gasteiger partial charge in [0.2, 0.25) is 11.9 Å². The lowest BCUT2D eigenvalue weighted by molar-refractivity contribution is -0.126. The van der Waals surface area contributed by atoms with E-state index in [2.05, 4.69) is 32.0 Å². The number of aryl methyl sites for hydroxylation is 1. The summed E-state index contributed by atoms with van der Waals surface area (Å²) in [7, 11) is 0. The van der Waals surface area contributed by atoms with Gasteiger partial charge in [-0.25, -0.2) is 9.83 Å². The van der Waals surface area contributed by atoms with Crippen LogP contribution in [0.5, 0.6) is 0 Å². The summed E-state index contributed by atoms with van der Waals surface area (Å²) in [5.74, 6) is 1.06. The minimum absolute atomic E-state index is 0.0689. The normalized spacial score (nSPS) is 12.1. The van der Waals surface area contributed by atoms with E-state index in [0.717, 1.165) is 28.1 Å². The van der Waals surface area contributed by atoms with Gasteiger partial charge in [-0.3, -0.25) is 4.79 Å². The lowest BCUT2D eigenvalue weighted by Crippen LogP contribution is -2.22. The van der Waals surface area contributed by atoms with E-state index in [4.69, 9.17) is 6.57 Å². The van der Waals surface area contributed by atoms with Crippen LogP contribution in [0.15, 0.2) is 61.3 Å². The molecule has 0 bridgehead atoms.